The molecule has 0 atom stereocenters. The van der Waals surface area contributed by atoms with Crippen molar-refractivity contribution in [2.75, 3.05) is 13.9 Å². The van der Waals surface area contributed by atoms with Crippen molar-refractivity contribution < 1.29 is 14.2 Å². The Hall–Kier alpha value is -4.05. The van der Waals surface area contributed by atoms with E-state index in [4.69, 9.17) is 14.2 Å². The lowest BCUT2D eigenvalue weighted by molar-refractivity contribution is 0.174. The van der Waals surface area contributed by atoms with Gasteiger partial charge in [0.15, 0.2) is 23.0 Å². The fourth-order valence-corrected chi connectivity index (χ4v) is 3.25. The number of methoxy groups -OCH3 is 1. The Morgan fingerprint density at radius 3 is 2.82 bits per heavy atom. The number of nitrogens with zero attached hydrogens (tertiary/aromatic N) is 4. The predicted molar refractivity (Wildman–Crippen MR) is 101 cm³/mol. The van der Waals surface area contributed by atoms with Crippen LogP contribution in [0, 0.1) is 11.3 Å². The molecule has 0 amide bonds. The number of hydrogen-bond acceptors (Lipinski definition) is 6. The van der Waals surface area contributed by atoms with Crippen LogP contribution in [0.3, 0.4) is 0 Å². The van der Waals surface area contributed by atoms with Crippen molar-refractivity contribution in [2.24, 2.45) is 0 Å². The van der Waals surface area contributed by atoms with E-state index in [1.54, 1.807) is 17.8 Å². The van der Waals surface area contributed by atoms with Gasteiger partial charge in [0.1, 0.15) is 17.4 Å². The molecule has 4 aromatic rings. The summed E-state index contributed by atoms with van der Waals surface area (Å²) in [5.74, 6) is 2.61. The number of ether oxygens (including phenoxy) is 3. The Kier molecular flexibility index (Phi) is 3.62. The van der Waals surface area contributed by atoms with Crippen molar-refractivity contribution >= 4 is 5.65 Å². The van der Waals surface area contributed by atoms with Crippen molar-refractivity contribution in [1.82, 2.24) is 14.6 Å². The van der Waals surface area contributed by atoms with Gasteiger partial charge in [0.05, 0.1) is 7.11 Å². The van der Waals surface area contributed by atoms with E-state index in [1.807, 2.05) is 48.5 Å². The maximum Gasteiger partial charge on any atom is 0.231 e. The third-order valence-electron chi connectivity index (χ3n) is 4.63. The van der Waals surface area contributed by atoms with E-state index in [1.165, 1.54) is 0 Å². The summed E-state index contributed by atoms with van der Waals surface area (Å²) < 4.78 is 17.7. The van der Waals surface area contributed by atoms with Crippen molar-refractivity contribution in [1.29, 1.82) is 5.26 Å². The first-order chi connectivity index (χ1) is 13.8. The van der Waals surface area contributed by atoms with Gasteiger partial charge in [0.2, 0.25) is 6.79 Å². The van der Waals surface area contributed by atoms with Gasteiger partial charge in [0, 0.05) is 17.3 Å². The second kappa shape index (κ2) is 6.28. The molecule has 2 aromatic carbocycles. The first kappa shape index (κ1) is 16.1. The molecule has 7 heteroatoms. The molecule has 7 nitrogen and oxygen atoms in total. The molecule has 2 aromatic heterocycles. The number of benzene rings is 2. The van der Waals surface area contributed by atoms with Crippen LogP contribution in [0.5, 0.6) is 17.2 Å². The highest BCUT2D eigenvalue weighted by Gasteiger charge is 2.18. The average molecular weight is 370 g/mol. The fourth-order valence-electron chi connectivity index (χ4n) is 3.25. The fraction of sp³-hybridized carbons (Fsp3) is 0.0952. The van der Waals surface area contributed by atoms with Crippen LogP contribution in [0.2, 0.25) is 0 Å². The molecular formula is C21H14N4O3. The molecule has 28 heavy (non-hydrogen) atoms. The summed E-state index contributed by atoms with van der Waals surface area (Å²) in [5.41, 5.74) is 3.38. The van der Waals surface area contributed by atoms with Gasteiger partial charge in [0.25, 0.3) is 0 Å². The van der Waals surface area contributed by atoms with E-state index in [2.05, 4.69) is 16.2 Å². The predicted octanol–water partition coefficient (Wildman–Crippen LogP) is 3.67. The highest BCUT2D eigenvalue weighted by molar-refractivity contribution is 5.79. The summed E-state index contributed by atoms with van der Waals surface area (Å²) in [6.45, 7) is 0.205. The van der Waals surface area contributed by atoms with Crippen molar-refractivity contribution in [2.45, 2.75) is 0 Å². The van der Waals surface area contributed by atoms with Crippen LogP contribution in [0.4, 0.5) is 0 Å². The normalized spacial score (nSPS) is 12.1. The summed E-state index contributed by atoms with van der Waals surface area (Å²) in [6.07, 6.45) is 1.80. The molecule has 3 heterocycles. The van der Waals surface area contributed by atoms with Gasteiger partial charge >= 0.3 is 0 Å². The summed E-state index contributed by atoms with van der Waals surface area (Å²) in [4.78, 5) is 4.61. The first-order valence-corrected chi connectivity index (χ1v) is 8.61. The molecule has 1 aliphatic rings. The molecule has 0 unspecified atom stereocenters. The van der Waals surface area contributed by atoms with Crippen molar-refractivity contribution in [3.8, 4) is 45.8 Å². The highest BCUT2D eigenvalue weighted by Crippen LogP contribution is 2.37. The van der Waals surface area contributed by atoms with Gasteiger partial charge in [-0.15, -0.1) is 5.10 Å². The molecule has 1 aliphatic heterocycles. The molecule has 0 fully saturated rings. The summed E-state index contributed by atoms with van der Waals surface area (Å²) in [7, 11) is 1.61. The van der Waals surface area contributed by atoms with Gasteiger partial charge in [-0.2, -0.15) is 5.26 Å². The number of fused-ring (bicyclic) bond motifs is 2. The second-order valence-corrected chi connectivity index (χ2v) is 6.22. The smallest absolute Gasteiger partial charge is 0.231 e. The number of rotatable bonds is 3. The van der Waals surface area contributed by atoms with E-state index in [0.29, 0.717) is 28.5 Å². The maximum absolute atomic E-state index is 9.83. The standard InChI is InChI=1S/C21H14N4O3/c1-26-15-4-2-3-14(9-15)20-23-21-17(11-22)16(7-8-25(21)24-20)13-5-6-18-19(10-13)28-12-27-18/h2-10H,12H2,1H3. The quantitative estimate of drug-likeness (QED) is 0.547. The lowest BCUT2D eigenvalue weighted by atomic mass is 10.0. The maximum atomic E-state index is 9.83. The Balaban J connectivity index is 1.65. The summed E-state index contributed by atoms with van der Waals surface area (Å²) in [6, 6.07) is 17.2. The minimum absolute atomic E-state index is 0.205. The summed E-state index contributed by atoms with van der Waals surface area (Å²) >= 11 is 0. The third-order valence-corrected chi connectivity index (χ3v) is 4.63. The van der Waals surface area contributed by atoms with Crippen molar-refractivity contribution in [3.63, 3.8) is 0 Å². The molecule has 5 rings (SSSR count). The molecule has 0 saturated carbocycles. The lowest BCUT2D eigenvalue weighted by Crippen LogP contribution is -1.94. The number of hydrogen-bond donors (Lipinski definition) is 0. The second-order valence-electron chi connectivity index (χ2n) is 6.22. The largest absolute Gasteiger partial charge is 0.497 e. The zero-order chi connectivity index (χ0) is 19.1. The summed E-state index contributed by atoms with van der Waals surface area (Å²) in [5, 5.41) is 14.3. The minimum Gasteiger partial charge on any atom is -0.497 e. The number of pyridine rings is 1. The van der Waals surface area contributed by atoms with Gasteiger partial charge in [-0.25, -0.2) is 9.50 Å². The van der Waals surface area contributed by atoms with Gasteiger partial charge in [-0.1, -0.05) is 18.2 Å². The Labute approximate surface area is 160 Å². The third kappa shape index (κ3) is 2.51. The van der Waals surface area contributed by atoms with E-state index in [9.17, 15) is 5.26 Å². The lowest BCUT2D eigenvalue weighted by Gasteiger charge is -2.06. The van der Waals surface area contributed by atoms with E-state index in [-0.39, 0.29) is 6.79 Å². The van der Waals surface area contributed by atoms with Crippen LogP contribution < -0.4 is 14.2 Å². The zero-order valence-electron chi connectivity index (χ0n) is 14.9. The van der Waals surface area contributed by atoms with Crippen LogP contribution in [0.15, 0.2) is 54.7 Å². The minimum atomic E-state index is 0.205. The molecule has 0 bridgehead atoms. The van der Waals surface area contributed by atoms with Crippen LogP contribution in [0.1, 0.15) is 5.56 Å². The Bertz CT molecular complexity index is 1260. The van der Waals surface area contributed by atoms with E-state index in [0.717, 1.165) is 22.4 Å². The van der Waals surface area contributed by atoms with Crippen molar-refractivity contribution in [3.05, 3.63) is 60.3 Å². The molecule has 0 N–H and O–H groups in total. The molecule has 0 saturated heterocycles. The topological polar surface area (TPSA) is 81.7 Å². The van der Waals surface area contributed by atoms with Crippen LogP contribution in [-0.4, -0.2) is 28.5 Å². The molecule has 0 spiro atoms. The van der Waals surface area contributed by atoms with Gasteiger partial charge in [-0.05, 0) is 35.9 Å². The van der Waals surface area contributed by atoms with Gasteiger partial charge < -0.3 is 14.2 Å². The van der Waals surface area contributed by atoms with E-state index < -0.39 is 0 Å². The first-order valence-electron chi connectivity index (χ1n) is 8.61. The molecule has 0 aliphatic carbocycles. The molecule has 0 radical (unpaired) electrons. The molecular weight excluding hydrogens is 356 g/mol. The van der Waals surface area contributed by atoms with Crippen LogP contribution in [-0.2, 0) is 0 Å². The van der Waals surface area contributed by atoms with E-state index >= 15 is 0 Å². The monoisotopic (exact) mass is 370 g/mol. The van der Waals surface area contributed by atoms with Crippen LogP contribution >= 0.6 is 0 Å². The Morgan fingerprint density at radius 1 is 1.07 bits per heavy atom. The van der Waals surface area contributed by atoms with Gasteiger partial charge in [-0.3, -0.25) is 0 Å². The highest BCUT2D eigenvalue weighted by atomic mass is 16.7. The van der Waals surface area contributed by atoms with Crippen LogP contribution in [0.25, 0.3) is 28.2 Å². The Morgan fingerprint density at radius 2 is 1.96 bits per heavy atom. The average Bonchev–Trinajstić information content (AvgIpc) is 3.39. The SMILES string of the molecule is COc1cccc(-c2nc3c(C#N)c(-c4ccc5c(c4)OCO5)ccn3n2)c1. The zero-order valence-corrected chi connectivity index (χ0v) is 14.9. The molecule has 136 valence electrons. The number of aromatic nitrogens is 3. The number of nitriles is 1.